The third-order valence-electron chi connectivity index (χ3n) is 4.93. The Balaban J connectivity index is 2.15. The Hall–Kier alpha value is -2.92. The van der Waals surface area contributed by atoms with E-state index in [-0.39, 0.29) is 0 Å². The Labute approximate surface area is 151 Å². The number of methoxy groups -OCH3 is 3. The molecular formula is C21H21NO4. The standard InChI is InChI=1S/C21H21NO4/c1-22-11-13-8-19(25-3)20(26-4)9-15(13)14-6-5-12-7-17(23)18(24-2)10-16(12)21(14)22/h5-11,17,23H,1-4H3. The minimum atomic E-state index is -0.722. The zero-order valence-electron chi connectivity index (χ0n) is 15.2. The van der Waals surface area contributed by atoms with Crippen molar-refractivity contribution in [2.45, 2.75) is 6.10 Å². The monoisotopic (exact) mass is 351 g/mol. The van der Waals surface area contributed by atoms with Crippen LogP contribution >= 0.6 is 0 Å². The quantitative estimate of drug-likeness (QED) is 0.904. The van der Waals surface area contributed by atoms with Crippen LogP contribution in [0.4, 0.5) is 5.69 Å². The summed E-state index contributed by atoms with van der Waals surface area (Å²) in [5.41, 5.74) is 2.10. The number of nitrogens with zero attached hydrogens (tertiary/aromatic N) is 1. The predicted octanol–water partition coefficient (Wildman–Crippen LogP) is 1.32. The average Bonchev–Trinajstić information content (AvgIpc) is 2.65. The zero-order valence-corrected chi connectivity index (χ0v) is 15.2. The van der Waals surface area contributed by atoms with Crippen molar-refractivity contribution in [2.75, 3.05) is 33.3 Å². The van der Waals surface area contributed by atoms with Gasteiger partial charge >= 0.3 is 0 Å². The first-order valence-electron chi connectivity index (χ1n) is 8.37. The summed E-state index contributed by atoms with van der Waals surface area (Å²) in [6, 6.07) is 8.10. The highest BCUT2D eigenvalue weighted by Crippen LogP contribution is 2.30. The third-order valence-corrected chi connectivity index (χ3v) is 4.93. The van der Waals surface area contributed by atoms with Gasteiger partial charge in [0.15, 0.2) is 11.5 Å². The van der Waals surface area contributed by atoms with Gasteiger partial charge in [-0.1, -0.05) is 12.1 Å². The van der Waals surface area contributed by atoms with Crippen LogP contribution in [0, 0.1) is 10.4 Å². The van der Waals surface area contributed by atoms with Gasteiger partial charge in [-0.25, -0.2) is 0 Å². The molecule has 2 aromatic carbocycles. The van der Waals surface area contributed by atoms with Crippen LogP contribution in [0.25, 0.3) is 18.4 Å². The fourth-order valence-electron chi connectivity index (χ4n) is 3.69. The number of anilines is 1. The lowest BCUT2D eigenvalue weighted by Crippen LogP contribution is -2.27. The molecule has 5 heteroatoms. The molecule has 1 heterocycles. The number of aliphatic hydroxyl groups excluding tert-OH is 1. The zero-order chi connectivity index (χ0) is 18.4. The number of ether oxygens (including phenoxy) is 3. The van der Waals surface area contributed by atoms with Crippen LogP contribution in [-0.2, 0) is 4.74 Å². The minimum absolute atomic E-state index is 0.539. The lowest BCUT2D eigenvalue weighted by Gasteiger charge is -2.25. The second kappa shape index (κ2) is 6.11. The lowest BCUT2D eigenvalue weighted by molar-refractivity contribution is 0.172. The Morgan fingerprint density at radius 1 is 0.923 bits per heavy atom. The van der Waals surface area contributed by atoms with Crippen molar-refractivity contribution in [3.05, 3.63) is 56.5 Å². The summed E-state index contributed by atoms with van der Waals surface area (Å²) in [5.74, 6) is 1.94. The summed E-state index contributed by atoms with van der Waals surface area (Å²) in [4.78, 5) is 2.09. The van der Waals surface area contributed by atoms with E-state index in [1.807, 2.05) is 37.4 Å². The summed E-state index contributed by atoms with van der Waals surface area (Å²) >= 11 is 0. The van der Waals surface area contributed by atoms with Gasteiger partial charge in [-0.3, -0.25) is 0 Å². The second-order valence-corrected chi connectivity index (χ2v) is 6.36. The highest BCUT2D eigenvalue weighted by molar-refractivity contribution is 5.78. The molecule has 26 heavy (non-hydrogen) atoms. The molecule has 2 aliphatic rings. The molecule has 0 amide bonds. The molecule has 134 valence electrons. The van der Waals surface area contributed by atoms with Gasteiger partial charge in [-0.05, 0) is 34.7 Å². The fourth-order valence-corrected chi connectivity index (χ4v) is 3.69. The summed E-state index contributed by atoms with van der Waals surface area (Å²) < 4.78 is 16.3. The van der Waals surface area contributed by atoms with Crippen LogP contribution < -0.4 is 24.8 Å². The molecule has 2 aromatic rings. The molecule has 1 atom stereocenters. The van der Waals surface area contributed by atoms with Gasteiger partial charge in [-0.2, -0.15) is 0 Å². The van der Waals surface area contributed by atoms with Crippen molar-refractivity contribution in [3.63, 3.8) is 0 Å². The molecule has 0 radical (unpaired) electrons. The van der Waals surface area contributed by atoms with Crippen LogP contribution in [0.1, 0.15) is 5.56 Å². The van der Waals surface area contributed by atoms with Crippen molar-refractivity contribution in [1.29, 1.82) is 0 Å². The first-order valence-corrected chi connectivity index (χ1v) is 8.37. The molecule has 0 aromatic heterocycles. The molecule has 1 unspecified atom stereocenters. The Morgan fingerprint density at radius 3 is 2.35 bits per heavy atom. The summed E-state index contributed by atoms with van der Waals surface area (Å²) in [6.07, 6.45) is 5.08. The summed E-state index contributed by atoms with van der Waals surface area (Å²) in [5, 5.41) is 14.4. The van der Waals surface area contributed by atoms with E-state index in [0.717, 1.165) is 32.1 Å². The molecule has 0 saturated carbocycles. The lowest BCUT2D eigenvalue weighted by atomic mass is 9.97. The van der Waals surface area contributed by atoms with E-state index in [0.29, 0.717) is 17.3 Å². The number of benzene rings is 2. The van der Waals surface area contributed by atoms with Crippen LogP contribution in [-0.4, -0.2) is 39.6 Å². The van der Waals surface area contributed by atoms with E-state index in [1.54, 1.807) is 21.3 Å². The second-order valence-electron chi connectivity index (χ2n) is 6.36. The van der Waals surface area contributed by atoms with Crippen molar-refractivity contribution in [2.24, 2.45) is 0 Å². The van der Waals surface area contributed by atoms with E-state index in [1.165, 1.54) is 0 Å². The van der Waals surface area contributed by atoms with Crippen molar-refractivity contribution in [1.82, 2.24) is 0 Å². The molecule has 4 rings (SSSR count). The normalized spacial score (nSPS) is 17.0. The number of hydrogen-bond acceptors (Lipinski definition) is 5. The number of fused-ring (bicyclic) bond motifs is 4. The van der Waals surface area contributed by atoms with Crippen LogP contribution in [0.15, 0.2) is 30.0 Å². The Morgan fingerprint density at radius 2 is 1.65 bits per heavy atom. The highest BCUT2D eigenvalue weighted by atomic mass is 16.5. The first kappa shape index (κ1) is 16.5. The van der Waals surface area contributed by atoms with Crippen molar-refractivity contribution < 1.29 is 19.3 Å². The number of aliphatic hydroxyl groups is 1. The van der Waals surface area contributed by atoms with Crippen LogP contribution in [0.2, 0.25) is 0 Å². The maximum atomic E-state index is 10.2. The van der Waals surface area contributed by atoms with E-state index in [2.05, 4.69) is 17.2 Å². The van der Waals surface area contributed by atoms with Gasteiger partial charge in [0.2, 0.25) is 0 Å². The molecule has 0 bridgehead atoms. The smallest absolute Gasteiger partial charge is 0.161 e. The van der Waals surface area contributed by atoms with Crippen molar-refractivity contribution in [3.8, 4) is 11.5 Å². The SMILES string of the molecule is COC1=Cc2c3c(ccc2=CC1O)=c1cc(OC)c(OC)cc1=CN3C. The molecule has 5 nitrogen and oxygen atoms in total. The topological polar surface area (TPSA) is 51.2 Å². The molecule has 0 spiro atoms. The Bertz CT molecular complexity index is 1130. The number of hydrogen-bond donors (Lipinski definition) is 1. The molecule has 0 saturated heterocycles. The van der Waals surface area contributed by atoms with Gasteiger partial charge in [-0.15, -0.1) is 0 Å². The maximum absolute atomic E-state index is 10.2. The van der Waals surface area contributed by atoms with Gasteiger partial charge < -0.3 is 24.2 Å². The average molecular weight is 351 g/mol. The fraction of sp³-hybridized carbons (Fsp3) is 0.238. The minimum Gasteiger partial charge on any atom is -0.498 e. The number of rotatable bonds is 3. The summed E-state index contributed by atoms with van der Waals surface area (Å²) in [6.45, 7) is 0. The van der Waals surface area contributed by atoms with Crippen molar-refractivity contribution >= 4 is 24.0 Å². The van der Waals surface area contributed by atoms with Crippen LogP contribution in [0.3, 0.4) is 0 Å². The van der Waals surface area contributed by atoms with E-state index in [9.17, 15) is 5.11 Å². The first-order chi connectivity index (χ1) is 12.6. The van der Waals surface area contributed by atoms with Gasteiger partial charge in [0.1, 0.15) is 11.9 Å². The van der Waals surface area contributed by atoms with Crippen LogP contribution in [0.5, 0.6) is 11.5 Å². The highest BCUT2D eigenvalue weighted by Gasteiger charge is 2.20. The van der Waals surface area contributed by atoms with Gasteiger partial charge in [0.25, 0.3) is 0 Å². The molecular weight excluding hydrogens is 330 g/mol. The third kappa shape index (κ3) is 2.35. The largest absolute Gasteiger partial charge is 0.498 e. The molecule has 1 aliphatic carbocycles. The molecule has 1 N–H and O–H groups in total. The molecule has 0 fully saturated rings. The summed E-state index contributed by atoms with van der Waals surface area (Å²) in [7, 11) is 6.87. The van der Waals surface area contributed by atoms with Gasteiger partial charge in [0, 0.05) is 29.2 Å². The Kier molecular flexibility index (Phi) is 3.89. The van der Waals surface area contributed by atoms with Gasteiger partial charge in [0.05, 0.1) is 27.0 Å². The molecule has 1 aliphatic heterocycles. The van der Waals surface area contributed by atoms with E-state index < -0.39 is 6.10 Å². The van der Waals surface area contributed by atoms with E-state index >= 15 is 0 Å². The van der Waals surface area contributed by atoms with E-state index in [4.69, 9.17) is 14.2 Å². The maximum Gasteiger partial charge on any atom is 0.161 e. The predicted molar refractivity (Wildman–Crippen MR) is 101 cm³/mol.